The van der Waals surface area contributed by atoms with Crippen molar-refractivity contribution in [3.05, 3.63) is 35.9 Å². The van der Waals surface area contributed by atoms with Crippen LogP contribution in [0.1, 0.15) is 39.1 Å². The van der Waals surface area contributed by atoms with Gasteiger partial charge in [-0.1, -0.05) is 30.3 Å². The monoisotopic (exact) mass is 272 g/mol. The molecule has 1 aromatic carbocycles. The van der Waals surface area contributed by atoms with Gasteiger partial charge in [0.1, 0.15) is 0 Å². The summed E-state index contributed by atoms with van der Waals surface area (Å²) in [6.45, 7) is 7.03. The maximum atomic E-state index is 12.6. The normalized spacial score (nSPS) is 14.2. The maximum Gasteiger partial charge on any atom is 0.363 e. The SMILES string of the molecule is CC(C)OP(=O)(OC(C)C)[C@@H](O)c1ccccc1. The number of aliphatic hydroxyl groups is 1. The van der Waals surface area contributed by atoms with Crippen molar-refractivity contribution >= 4 is 7.60 Å². The lowest BCUT2D eigenvalue weighted by Crippen LogP contribution is -2.13. The summed E-state index contributed by atoms with van der Waals surface area (Å²) in [6.07, 6.45) is -0.569. The third kappa shape index (κ3) is 4.21. The quantitative estimate of drug-likeness (QED) is 0.802. The first kappa shape index (κ1) is 15.4. The standard InChI is InChI=1S/C13H21O4P/c1-10(2)16-18(15,17-11(3)4)13(14)12-8-6-5-7-9-12/h5-11,13-14H,1-4H3/t13-/m1/s1. The zero-order valence-electron chi connectivity index (χ0n) is 11.2. The second-order valence-electron chi connectivity index (χ2n) is 4.63. The summed E-state index contributed by atoms with van der Waals surface area (Å²) < 4.78 is 23.3. The van der Waals surface area contributed by atoms with E-state index in [0.717, 1.165) is 0 Å². The van der Waals surface area contributed by atoms with E-state index in [2.05, 4.69) is 0 Å². The molecule has 1 aromatic rings. The molecular formula is C13H21O4P. The molecule has 0 aliphatic carbocycles. The van der Waals surface area contributed by atoms with Crippen LogP contribution >= 0.6 is 7.60 Å². The van der Waals surface area contributed by atoms with E-state index in [0.29, 0.717) is 5.56 Å². The lowest BCUT2D eigenvalue weighted by molar-refractivity contribution is 0.101. The zero-order chi connectivity index (χ0) is 13.8. The average Bonchev–Trinajstić information content (AvgIpc) is 2.27. The van der Waals surface area contributed by atoms with Gasteiger partial charge in [0, 0.05) is 0 Å². The number of benzene rings is 1. The van der Waals surface area contributed by atoms with Gasteiger partial charge in [0.05, 0.1) is 12.2 Å². The van der Waals surface area contributed by atoms with Gasteiger partial charge >= 0.3 is 7.60 Å². The Balaban J connectivity index is 2.99. The van der Waals surface area contributed by atoms with Crippen molar-refractivity contribution in [3.63, 3.8) is 0 Å². The van der Waals surface area contributed by atoms with Crippen molar-refractivity contribution in [2.75, 3.05) is 0 Å². The molecule has 0 aliphatic heterocycles. The highest BCUT2D eigenvalue weighted by Crippen LogP contribution is 2.61. The highest BCUT2D eigenvalue weighted by Gasteiger charge is 2.37. The molecular weight excluding hydrogens is 251 g/mol. The van der Waals surface area contributed by atoms with Crippen LogP contribution in [-0.2, 0) is 13.6 Å². The van der Waals surface area contributed by atoms with Gasteiger partial charge in [0.2, 0.25) is 0 Å². The van der Waals surface area contributed by atoms with Crippen molar-refractivity contribution in [1.29, 1.82) is 0 Å². The fourth-order valence-electron chi connectivity index (χ4n) is 1.54. The maximum absolute atomic E-state index is 12.6. The van der Waals surface area contributed by atoms with Crippen LogP contribution in [0.4, 0.5) is 0 Å². The molecule has 1 rings (SSSR count). The molecule has 0 spiro atoms. The lowest BCUT2D eigenvalue weighted by atomic mass is 10.2. The highest BCUT2D eigenvalue weighted by molar-refractivity contribution is 7.54. The predicted molar refractivity (Wildman–Crippen MR) is 71.5 cm³/mol. The minimum Gasteiger partial charge on any atom is -0.376 e. The first-order valence-corrected chi connectivity index (χ1v) is 7.66. The van der Waals surface area contributed by atoms with E-state index < -0.39 is 13.4 Å². The van der Waals surface area contributed by atoms with E-state index in [9.17, 15) is 9.67 Å². The second kappa shape index (κ2) is 6.48. The third-order valence-corrected chi connectivity index (χ3v) is 4.44. The minimum absolute atomic E-state index is 0.284. The van der Waals surface area contributed by atoms with Gasteiger partial charge in [-0.2, -0.15) is 0 Å². The summed E-state index contributed by atoms with van der Waals surface area (Å²) in [5.41, 5.74) is 0.530. The molecule has 102 valence electrons. The van der Waals surface area contributed by atoms with E-state index in [1.54, 1.807) is 52.0 Å². The topological polar surface area (TPSA) is 55.8 Å². The molecule has 0 aromatic heterocycles. The summed E-state index contributed by atoms with van der Waals surface area (Å²) in [6, 6.07) is 8.77. The van der Waals surface area contributed by atoms with Crippen LogP contribution in [0.5, 0.6) is 0 Å². The summed E-state index contributed by atoms with van der Waals surface area (Å²) in [5, 5.41) is 10.2. The molecule has 0 heterocycles. The Hall–Kier alpha value is -0.670. The largest absolute Gasteiger partial charge is 0.376 e. The van der Waals surface area contributed by atoms with E-state index >= 15 is 0 Å². The molecule has 1 N–H and O–H groups in total. The number of hydrogen-bond donors (Lipinski definition) is 1. The van der Waals surface area contributed by atoms with Gasteiger partial charge < -0.3 is 14.2 Å². The van der Waals surface area contributed by atoms with Crippen molar-refractivity contribution in [1.82, 2.24) is 0 Å². The van der Waals surface area contributed by atoms with E-state index in [-0.39, 0.29) is 12.2 Å². The van der Waals surface area contributed by atoms with Crippen LogP contribution < -0.4 is 0 Å². The number of hydrogen-bond acceptors (Lipinski definition) is 4. The Morgan fingerprint density at radius 3 is 1.83 bits per heavy atom. The van der Waals surface area contributed by atoms with E-state index in [1.807, 2.05) is 6.07 Å². The Kier molecular flexibility index (Phi) is 5.54. The third-order valence-electron chi connectivity index (χ3n) is 2.11. The first-order valence-electron chi connectivity index (χ1n) is 6.04. The summed E-state index contributed by atoms with van der Waals surface area (Å²) in [4.78, 5) is 0. The van der Waals surface area contributed by atoms with E-state index in [1.165, 1.54) is 0 Å². The molecule has 0 aliphatic rings. The molecule has 0 amide bonds. The molecule has 4 nitrogen and oxygen atoms in total. The van der Waals surface area contributed by atoms with Crippen LogP contribution in [0.15, 0.2) is 30.3 Å². The van der Waals surface area contributed by atoms with E-state index in [4.69, 9.17) is 9.05 Å². The molecule has 0 radical (unpaired) electrons. The summed E-state index contributed by atoms with van der Waals surface area (Å²) >= 11 is 0. The Labute approximate surface area is 108 Å². The van der Waals surface area contributed by atoms with Gasteiger partial charge in [-0.05, 0) is 33.3 Å². The van der Waals surface area contributed by atoms with Gasteiger partial charge in [0.25, 0.3) is 0 Å². The minimum atomic E-state index is -3.59. The van der Waals surface area contributed by atoms with Crippen LogP contribution in [0.2, 0.25) is 0 Å². The van der Waals surface area contributed by atoms with Crippen molar-refractivity contribution in [2.45, 2.75) is 45.7 Å². The van der Waals surface area contributed by atoms with Gasteiger partial charge in [-0.15, -0.1) is 0 Å². The van der Waals surface area contributed by atoms with Crippen LogP contribution in [0, 0.1) is 0 Å². The van der Waals surface area contributed by atoms with Crippen LogP contribution in [-0.4, -0.2) is 17.3 Å². The molecule has 0 saturated heterocycles. The molecule has 0 unspecified atom stereocenters. The summed E-state index contributed by atoms with van der Waals surface area (Å²) in [7, 11) is -3.59. The van der Waals surface area contributed by atoms with Crippen LogP contribution in [0.3, 0.4) is 0 Å². The number of rotatable bonds is 6. The fourth-order valence-corrected chi connectivity index (χ4v) is 3.53. The summed E-state index contributed by atoms with van der Waals surface area (Å²) in [5.74, 6) is -1.26. The Bertz CT molecular complexity index is 389. The fraction of sp³-hybridized carbons (Fsp3) is 0.538. The Morgan fingerprint density at radius 1 is 1.00 bits per heavy atom. The number of aliphatic hydroxyl groups excluding tert-OH is 1. The zero-order valence-corrected chi connectivity index (χ0v) is 12.1. The van der Waals surface area contributed by atoms with Crippen molar-refractivity contribution in [3.8, 4) is 0 Å². The second-order valence-corrected chi connectivity index (χ2v) is 6.62. The predicted octanol–water partition coefficient (Wildman–Crippen LogP) is 3.72. The molecule has 0 bridgehead atoms. The molecule has 1 atom stereocenters. The smallest absolute Gasteiger partial charge is 0.363 e. The average molecular weight is 272 g/mol. The first-order chi connectivity index (χ1) is 8.35. The van der Waals surface area contributed by atoms with Gasteiger partial charge in [-0.3, -0.25) is 4.57 Å². The van der Waals surface area contributed by atoms with Crippen LogP contribution in [0.25, 0.3) is 0 Å². The lowest BCUT2D eigenvalue weighted by Gasteiger charge is -2.26. The molecule has 18 heavy (non-hydrogen) atoms. The molecule has 5 heteroatoms. The highest BCUT2D eigenvalue weighted by atomic mass is 31.2. The molecule has 0 fully saturated rings. The Morgan fingerprint density at radius 2 is 1.44 bits per heavy atom. The van der Waals surface area contributed by atoms with Crippen molar-refractivity contribution in [2.24, 2.45) is 0 Å². The van der Waals surface area contributed by atoms with Crippen molar-refractivity contribution < 1.29 is 18.7 Å². The van der Waals surface area contributed by atoms with Gasteiger partial charge in [-0.25, -0.2) is 0 Å². The van der Waals surface area contributed by atoms with Gasteiger partial charge in [0.15, 0.2) is 5.85 Å². The molecule has 0 saturated carbocycles.